The van der Waals surface area contributed by atoms with Gasteiger partial charge in [0.05, 0.1) is 6.54 Å². The zero-order valence-electron chi connectivity index (χ0n) is 6.93. The van der Waals surface area contributed by atoms with E-state index >= 15 is 0 Å². The predicted molar refractivity (Wildman–Crippen MR) is 48.7 cm³/mol. The molecule has 1 heterocycles. The van der Waals surface area contributed by atoms with Crippen LogP contribution in [-0.4, -0.2) is 23.8 Å². The van der Waals surface area contributed by atoms with Crippen LogP contribution in [0.5, 0.6) is 0 Å². The quantitative estimate of drug-likeness (QED) is 0.678. The van der Waals surface area contributed by atoms with Crippen LogP contribution in [-0.2, 0) is 4.79 Å². The molecule has 0 spiro atoms. The Kier molecular flexibility index (Phi) is 2.96. The minimum atomic E-state index is -0.113. The van der Waals surface area contributed by atoms with Gasteiger partial charge in [0.1, 0.15) is 0 Å². The third-order valence-electron chi connectivity index (χ3n) is 2.30. The number of rotatable bonds is 2. The SMILES string of the molecule is CC1(C(=O)CN)CCCSC1. The van der Waals surface area contributed by atoms with Gasteiger partial charge in [-0.25, -0.2) is 0 Å². The van der Waals surface area contributed by atoms with Crippen LogP contribution in [0.4, 0.5) is 0 Å². The fourth-order valence-electron chi connectivity index (χ4n) is 1.40. The summed E-state index contributed by atoms with van der Waals surface area (Å²) in [6, 6.07) is 0. The molecular formula is C8H15NOS. The average molecular weight is 173 g/mol. The van der Waals surface area contributed by atoms with E-state index in [2.05, 4.69) is 0 Å². The van der Waals surface area contributed by atoms with Gasteiger partial charge in [-0.05, 0) is 18.6 Å². The molecule has 11 heavy (non-hydrogen) atoms. The summed E-state index contributed by atoms with van der Waals surface area (Å²) >= 11 is 1.87. The Morgan fingerprint density at radius 2 is 2.45 bits per heavy atom. The van der Waals surface area contributed by atoms with Crippen molar-refractivity contribution in [3.63, 3.8) is 0 Å². The Balaban J connectivity index is 2.56. The first-order valence-electron chi connectivity index (χ1n) is 4.00. The van der Waals surface area contributed by atoms with Crippen molar-refractivity contribution in [1.82, 2.24) is 0 Å². The van der Waals surface area contributed by atoms with Crippen molar-refractivity contribution in [3.8, 4) is 0 Å². The maximum atomic E-state index is 11.4. The Morgan fingerprint density at radius 3 is 2.91 bits per heavy atom. The molecule has 0 amide bonds. The van der Waals surface area contributed by atoms with Gasteiger partial charge >= 0.3 is 0 Å². The van der Waals surface area contributed by atoms with E-state index < -0.39 is 0 Å². The highest BCUT2D eigenvalue weighted by Gasteiger charge is 2.33. The number of Topliss-reactive ketones (excluding diaryl/α,β-unsaturated/α-hetero) is 1. The maximum Gasteiger partial charge on any atom is 0.153 e. The van der Waals surface area contributed by atoms with Gasteiger partial charge in [-0.15, -0.1) is 0 Å². The highest BCUT2D eigenvalue weighted by atomic mass is 32.2. The summed E-state index contributed by atoms with van der Waals surface area (Å²) in [5.74, 6) is 2.39. The molecule has 0 radical (unpaired) electrons. The molecule has 0 saturated carbocycles. The average Bonchev–Trinajstić information content (AvgIpc) is 2.04. The highest BCUT2D eigenvalue weighted by Crippen LogP contribution is 2.34. The molecule has 1 aliphatic rings. The lowest BCUT2D eigenvalue weighted by Gasteiger charge is -2.30. The van der Waals surface area contributed by atoms with E-state index in [-0.39, 0.29) is 17.7 Å². The van der Waals surface area contributed by atoms with Gasteiger partial charge in [0.25, 0.3) is 0 Å². The first-order chi connectivity index (χ1) is 5.19. The van der Waals surface area contributed by atoms with E-state index in [1.807, 2.05) is 18.7 Å². The third kappa shape index (κ3) is 1.97. The van der Waals surface area contributed by atoms with Crippen LogP contribution < -0.4 is 5.73 Å². The number of carbonyl (C=O) groups excluding carboxylic acids is 1. The van der Waals surface area contributed by atoms with Gasteiger partial charge in [0, 0.05) is 11.2 Å². The minimum Gasteiger partial charge on any atom is -0.324 e. The summed E-state index contributed by atoms with van der Waals surface area (Å²) in [4.78, 5) is 11.4. The first kappa shape index (κ1) is 9.07. The topological polar surface area (TPSA) is 43.1 Å². The normalized spacial score (nSPS) is 31.8. The lowest BCUT2D eigenvalue weighted by molar-refractivity contribution is -0.125. The number of nitrogens with two attached hydrogens (primary N) is 1. The number of thioether (sulfide) groups is 1. The number of carbonyl (C=O) groups is 1. The Labute approximate surface area is 71.9 Å². The summed E-state index contributed by atoms with van der Waals surface area (Å²) < 4.78 is 0. The molecule has 0 bridgehead atoms. The predicted octanol–water partition coefficient (Wildman–Crippen LogP) is 1.05. The summed E-state index contributed by atoms with van der Waals surface area (Å²) in [7, 11) is 0. The van der Waals surface area contributed by atoms with Crippen LogP contribution in [0.15, 0.2) is 0 Å². The van der Waals surface area contributed by atoms with E-state index in [1.165, 1.54) is 5.75 Å². The fourth-order valence-corrected chi connectivity index (χ4v) is 2.65. The molecule has 2 nitrogen and oxygen atoms in total. The monoisotopic (exact) mass is 173 g/mol. The van der Waals surface area contributed by atoms with Crippen LogP contribution in [0.25, 0.3) is 0 Å². The van der Waals surface area contributed by atoms with Gasteiger partial charge in [-0.2, -0.15) is 11.8 Å². The minimum absolute atomic E-state index is 0.113. The molecule has 0 aromatic heterocycles. The smallest absolute Gasteiger partial charge is 0.153 e. The van der Waals surface area contributed by atoms with Crippen molar-refractivity contribution < 1.29 is 4.79 Å². The molecule has 2 N–H and O–H groups in total. The molecule has 0 aromatic rings. The number of hydrogen-bond acceptors (Lipinski definition) is 3. The second-order valence-electron chi connectivity index (χ2n) is 3.34. The molecule has 1 unspecified atom stereocenters. The van der Waals surface area contributed by atoms with Crippen LogP contribution >= 0.6 is 11.8 Å². The second kappa shape index (κ2) is 3.59. The van der Waals surface area contributed by atoms with Crippen LogP contribution in [0.3, 0.4) is 0 Å². The largest absolute Gasteiger partial charge is 0.324 e. The number of ketones is 1. The van der Waals surface area contributed by atoms with E-state index in [4.69, 9.17) is 5.73 Å². The molecule has 1 saturated heterocycles. The molecule has 0 aromatic carbocycles. The van der Waals surface area contributed by atoms with Gasteiger partial charge < -0.3 is 5.73 Å². The lowest BCUT2D eigenvalue weighted by atomic mass is 9.83. The van der Waals surface area contributed by atoms with Crippen molar-refractivity contribution in [2.75, 3.05) is 18.1 Å². The lowest BCUT2D eigenvalue weighted by Crippen LogP contribution is -2.37. The van der Waals surface area contributed by atoms with Gasteiger partial charge in [0.15, 0.2) is 5.78 Å². The Bertz CT molecular complexity index is 152. The molecule has 0 aliphatic carbocycles. The van der Waals surface area contributed by atoms with Crippen molar-refractivity contribution in [3.05, 3.63) is 0 Å². The zero-order valence-corrected chi connectivity index (χ0v) is 7.75. The number of hydrogen-bond donors (Lipinski definition) is 1. The van der Waals surface area contributed by atoms with Crippen molar-refractivity contribution in [1.29, 1.82) is 0 Å². The third-order valence-corrected chi connectivity index (χ3v) is 3.72. The Morgan fingerprint density at radius 1 is 1.73 bits per heavy atom. The summed E-state index contributed by atoms with van der Waals surface area (Å²) in [5.41, 5.74) is 5.22. The molecule has 1 rings (SSSR count). The zero-order chi connectivity index (χ0) is 8.32. The fraction of sp³-hybridized carbons (Fsp3) is 0.875. The van der Waals surface area contributed by atoms with E-state index in [0.29, 0.717) is 0 Å². The van der Waals surface area contributed by atoms with Crippen molar-refractivity contribution >= 4 is 17.5 Å². The molecule has 1 fully saturated rings. The molecule has 1 atom stereocenters. The standard InChI is InChI=1S/C8H15NOS/c1-8(7(10)5-9)3-2-4-11-6-8/h2-6,9H2,1H3. The molecule has 3 heteroatoms. The summed E-state index contributed by atoms with van der Waals surface area (Å²) in [6.07, 6.45) is 2.18. The summed E-state index contributed by atoms with van der Waals surface area (Å²) in [5, 5.41) is 0. The van der Waals surface area contributed by atoms with Gasteiger partial charge in [-0.3, -0.25) is 4.79 Å². The van der Waals surface area contributed by atoms with Gasteiger partial charge in [-0.1, -0.05) is 6.92 Å². The maximum absolute atomic E-state index is 11.4. The van der Waals surface area contributed by atoms with E-state index in [0.717, 1.165) is 18.6 Å². The highest BCUT2D eigenvalue weighted by molar-refractivity contribution is 7.99. The van der Waals surface area contributed by atoms with Crippen molar-refractivity contribution in [2.45, 2.75) is 19.8 Å². The van der Waals surface area contributed by atoms with E-state index in [9.17, 15) is 4.79 Å². The first-order valence-corrected chi connectivity index (χ1v) is 5.16. The Hall–Kier alpha value is -0.0200. The second-order valence-corrected chi connectivity index (χ2v) is 4.45. The summed E-state index contributed by atoms with van der Waals surface area (Å²) in [6.45, 7) is 2.24. The molecule has 1 aliphatic heterocycles. The van der Waals surface area contributed by atoms with Crippen LogP contribution in [0.2, 0.25) is 0 Å². The van der Waals surface area contributed by atoms with Gasteiger partial charge in [0.2, 0.25) is 0 Å². The van der Waals surface area contributed by atoms with Crippen molar-refractivity contribution in [2.24, 2.45) is 11.1 Å². The van der Waals surface area contributed by atoms with Crippen LogP contribution in [0, 0.1) is 5.41 Å². The van der Waals surface area contributed by atoms with Crippen LogP contribution in [0.1, 0.15) is 19.8 Å². The molecule has 64 valence electrons. The molecular weight excluding hydrogens is 158 g/mol. The van der Waals surface area contributed by atoms with E-state index in [1.54, 1.807) is 0 Å².